The summed E-state index contributed by atoms with van der Waals surface area (Å²) >= 11 is 0. The van der Waals surface area contributed by atoms with Crippen molar-refractivity contribution in [2.45, 2.75) is 58.0 Å². The van der Waals surface area contributed by atoms with Crippen molar-refractivity contribution >= 4 is 11.7 Å². The second-order valence-corrected chi connectivity index (χ2v) is 5.94. The van der Waals surface area contributed by atoms with Crippen LogP contribution in [0.1, 0.15) is 56.3 Å². The molecule has 1 aromatic rings. The Morgan fingerprint density at radius 1 is 1.35 bits per heavy atom. The van der Waals surface area contributed by atoms with Gasteiger partial charge in [-0.1, -0.05) is 19.3 Å². The minimum atomic E-state index is 0.103. The van der Waals surface area contributed by atoms with E-state index in [0.29, 0.717) is 12.1 Å². The van der Waals surface area contributed by atoms with Crippen molar-refractivity contribution in [2.24, 2.45) is 0 Å². The summed E-state index contributed by atoms with van der Waals surface area (Å²) in [6.07, 6.45) is 7.73. The van der Waals surface area contributed by atoms with E-state index in [4.69, 9.17) is 0 Å². The van der Waals surface area contributed by atoms with Crippen molar-refractivity contribution in [3.05, 3.63) is 23.9 Å². The molecule has 1 saturated carbocycles. The highest BCUT2D eigenvalue weighted by atomic mass is 16.2. The molecule has 20 heavy (non-hydrogen) atoms. The molecule has 1 aromatic heterocycles. The van der Waals surface area contributed by atoms with E-state index in [9.17, 15) is 4.79 Å². The molecule has 0 atom stereocenters. The Hall–Kier alpha value is -1.58. The first-order chi connectivity index (χ1) is 9.58. The van der Waals surface area contributed by atoms with Gasteiger partial charge in [-0.3, -0.25) is 4.79 Å². The number of aromatic nitrogens is 1. The van der Waals surface area contributed by atoms with Gasteiger partial charge < -0.3 is 10.2 Å². The van der Waals surface area contributed by atoms with Crippen molar-refractivity contribution in [1.82, 2.24) is 9.88 Å². The van der Waals surface area contributed by atoms with Crippen LogP contribution in [0.25, 0.3) is 0 Å². The average Bonchev–Trinajstić information content (AvgIpc) is 2.46. The van der Waals surface area contributed by atoms with Crippen molar-refractivity contribution in [1.29, 1.82) is 0 Å². The van der Waals surface area contributed by atoms with Gasteiger partial charge >= 0.3 is 0 Å². The van der Waals surface area contributed by atoms with Gasteiger partial charge in [0.25, 0.3) is 5.91 Å². The Morgan fingerprint density at radius 3 is 2.70 bits per heavy atom. The highest BCUT2D eigenvalue weighted by molar-refractivity contribution is 5.94. The molecule has 1 amide bonds. The fraction of sp³-hybridized carbons (Fsp3) is 0.625. The lowest BCUT2D eigenvalue weighted by Crippen LogP contribution is -2.38. The van der Waals surface area contributed by atoms with Crippen LogP contribution >= 0.6 is 0 Å². The van der Waals surface area contributed by atoms with Crippen LogP contribution < -0.4 is 5.32 Å². The Kier molecular flexibility index (Phi) is 4.99. The normalized spacial score (nSPS) is 16.2. The summed E-state index contributed by atoms with van der Waals surface area (Å²) < 4.78 is 0. The van der Waals surface area contributed by atoms with E-state index < -0.39 is 0 Å². The maximum atomic E-state index is 12.6. The summed E-state index contributed by atoms with van der Waals surface area (Å²) in [6.45, 7) is 4.12. The van der Waals surface area contributed by atoms with Crippen molar-refractivity contribution < 1.29 is 4.79 Å². The van der Waals surface area contributed by atoms with Crippen molar-refractivity contribution in [3.63, 3.8) is 0 Å². The maximum absolute atomic E-state index is 12.6. The lowest BCUT2D eigenvalue weighted by molar-refractivity contribution is 0.0696. The average molecular weight is 275 g/mol. The SMILES string of the molecule is CC(C)Nc1cc(C(=O)N(C)C2CCCCC2)ccn1. The quantitative estimate of drug-likeness (QED) is 0.917. The zero-order chi connectivity index (χ0) is 14.5. The number of carbonyl (C=O) groups excluding carboxylic acids is 1. The fourth-order valence-electron chi connectivity index (χ4n) is 2.78. The molecule has 1 aliphatic carbocycles. The van der Waals surface area contributed by atoms with E-state index in [-0.39, 0.29) is 5.91 Å². The Bertz CT molecular complexity index is 453. The molecule has 2 rings (SSSR count). The van der Waals surface area contributed by atoms with Gasteiger partial charge in [-0.25, -0.2) is 4.98 Å². The Balaban J connectivity index is 2.07. The Labute approximate surface area is 121 Å². The van der Waals surface area contributed by atoms with Crippen LogP contribution in [0.3, 0.4) is 0 Å². The molecule has 1 heterocycles. The predicted octanol–water partition coefficient (Wildman–Crippen LogP) is 3.31. The summed E-state index contributed by atoms with van der Waals surface area (Å²) in [5.41, 5.74) is 0.719. The van der Waals surface area contributed by atoms with Crippen LogP contribution in [0.2, 0.25) is 0 Å². The molecule has 4 nitrogen and oxygen atoms in total. The molecule has 4 heteroatoms. The van der Waals surface area contributed by atoms with E-state index in [1.807, 2.05) is 18.0 Å². The van der Waals surface area contributed by atoms with Crippen LogP contribution in [0.5, 0.6) is 0 Å². The number of nitrogens with one attached hydrogen (secondary N) is 1. The minimum Gasteiger partial charge on any atom is -0.368 e. The van der Waals surface area contributed by atoms with Crippen LogP contribution in [-0.4, -0.2) is 34.9 Å². The number of pyridine rings is 1. The minimum absolute atomic E-state index is 0.103. The van der Waals surface area contributed by atoms with Crippen molar-refractivity contribution in [2.75, 3.05) is 12.4 Å². The second kappa shape index (κ2) is 6.73. The second-order valence-electron chi connectivity index (χ2n) is 5.94. The van der Waals surface area contributed by atoms with Gasteiger partial charge in [-0.2, -0.15) is 0 Å². The number of anilines is 1. The molecule has 0 radical (unpaired) electrons. The number of amides is 1. The monoisotopic (exact) mass is 275 g/mol. The summed E-state index contributed by atoms with van der Waals surface area (Å²) in [6, 6.07) is 4.35. The Morgan fingerprint density at radius 2 is 2.05 bits per heavy atom. The molecular weight excluding hydrogens is 250 g/mol. The molecule has 1 aliphatic rings. The first-order valence-corrected chi connectivity index (χ1v) is 7.57. The summed E-state index contributed by atoms with van der Waals surface area (Å²) in [5.74, 6) is 0.869. The third-order valence-corrected chi connectivity index (χ3v) is 3.89. The highest BCUT2D eigenvalue weighted by Crippen LogP contribution is 2.23. The lowest BCUT2D eigenvalue weighted by Gasteiger charge is -2.31. The predicted molar refractivity (Wildman–Crippen MR) is 82.0 cm³/mol. The number of hydrogen-bond acceptors (Lipinski definition) is 3. The molecule has 0 aromatic carbocycles. The molecule has 110 valence electrons. The van der Waals surface area contributed by atoms with E-state index in [1.54, 1.807) is 12.3 Å². The van der Waals surface area contributed by atoms with Crippen LogP contribution in [0.15, 0.2) is 18.3 Å². The molecule has 1 N–H and O–H groups in total. The molecule has 0 aliphatic heterocycles. The number of rotatable bonds is 4. The van der Waals surface area contributed by atoms with Gasteiger partial charge in [0, 0.05) is 30.9 Å². The first-order valence-electron chi connectivity index (χ1n) is 7.57. The molecular formula is C16H25N3O. The smallest absolute Gasteiger partial charge is 0.254 e. The standard InChI is InChI=1S/C16H25N3O/c1-12(2)18-15-11-13(9-10-17-15)16(20)19(3)14-7-5-4-6-8-14/h9-12,14H,4-8H2,1-3H3,(H,17,18). The third-order valence-electron chi connectivity index (χ3n) is 3.89. The van der Waals surface area contributed by atoms with E-state index in [2.05, 4.69) is 24.1 Å². The summed E-state index contributed by atoms with van der Waals surface area (Å²) in [4.78, 5) is 18.7. The van der Waals surface area contributed by atoms with E-state index in [1.165, 1.54) is 19.3 Å². The molecule has 0 spiro atoms. The van der Waals surface area contributed by atoms with Gasteiger partial charge in [0.1, 0.15) is 5.82 Å². The molecule has 1 fully saturated rings. The summed E-state index contributed by atoms with van der Waals surface area (Å²) in [7, 11) is 1.92. The number of carbonyl (C=O) groups is 1. The maximum Gasteiger partial charge on any atom is 0.254 e. The first kappa shape index (κ1) is 14.8. The third kappa shape index (κ3) is 3.71. The van der Waals surface area contributed by atoms with E-state index in [0.717, 1.165) is 24.2 Å². The topological polar surface area (TPSA) is 45.2 Å². The van der Waals surface area contributed by atoms with Crippen LogP contribution in [0.4, 0.5) is 5.82 Å². The van der Waals surface area contributed by atoms with Crippen LogP contribution in [0, 0.1) is 0 Å². The van der Waals surface area contributed by atoms with Gasteiger partial charge in [0.15, 0.2) is 0 Å². The van der Waals surface area contributed by atoms with Gasteiger partial charge in [0.2, 0.25) is 0 Å². The van der Waals surface area contributed by atoms with Crippen LogP contribution in [-0.2, 0) is 0 Å². The fourth-order valence-corrected chi connectivity index (χ4v) is 2.78. The van der Waals surface area contributed by atoms with E-state index >= 15 is 0 Å². The number of nitrogens with zero attached hydrogens (tertiary/aromatic N) is 2. The van der Waals surface area contributed by atoms with Gasteiger partial charge in [0.05, 0.1) is 0 Å². The zero-order valence-corrected chi connectivity index (χ0v) is 12.7. The highest BCUT2D eigenvalue weighted by Gasteiger charge is 2.23. The zero-order valence-electron chi connectivity index (χ0n) is 12.7. The molecule has 0 bridgehead atoms. The van der Waals surface area contributed by atoms with Gasteiger partial charge in [-0.15, -0.1) is 0 Å². The summed E-state index contributed by atoms with van der Waals surface area (Å²) in [5, 5.41) is 3.24. The van der Waals surface area contributed by atoms with Crippen molar-refractivity contribution in [3.8, 4) is 0 Å². The molecule has 0 unspecified atom stereocenters. The number of hydrogen-bond donors (Lipinski definition) is 1. The lowest BCUT2D eigenvalue weighted by atomic mass is 9.94. The van der Waals surface area contributed by atoms with Gasteiger partial charge in [-0.05, 0) is 38.8 Å². The molecule has 0 saturated heterocycles. The largest absolute Gasteiger partial charge is 0.368 e.